The highest BCUT2D eigenvalue weighted by Crippen LogP contribution is 2.44. The number of rotatable bonds is 4. The van der Waals surface area contributed by atoms with Crippen LogP contribution in [-0.4, -0.2) is 49.0 Å². The molecule has 1 aromatic rings. The van der Waals surface area contributed by atoms with Crippen molar-refractivity contribution in [3.8, 4) is 0 Å². The van der Waals surface area contributed by atoms with Gasteiger partial charge in [0.15, 0.2) is 0 Å². The summed E-state index contributed by atoms with van der Waals surface area (Å²) in [7, 11) is -3.37. The largest absolute Gasteiger partial charge is 0.325 e. The lowest BCUT2D eigenvalue weighted by molar-refractivity contribution is -0.120. The topological polar surface area (TPSA) is 66.5 Å². The molecule has 1 amide bonds. The molecule has 0 saturated carbocycles. The smallest absolute Gasteiger partial charge is 0.242 e. The van der Waals surface area contributed by atoms with Crippen molar-refractivity contribution in [3.05, 3.63) is 29.8 Å². The molecule has 0 radical (unpaired) electrons. The van der Waals surface area contributed by atoms with E-state index < -0.39 is 16.1 Å². The first-order valence-corrected chi connectivity index (χ1v) is 12.5. The second-order valence-electron chi connectivity index (χ2n) is 6.43. The summed E-state index contributed by atoms with van der Waals surface area (Å²) in [6, 6.07) is 7.32. The predicted octanol–water partition coefficient (Wildman–Crippen LogP) is 3.31. The third-order valence-electron chi connectivity index (χ3n) is 4.44. The average Bonchev–Trinajstić information content (AvgIpc) is 2.62. The number of hydrogen-bond acceptors (Lipinski definition) is 5. The van der Waals surface area contributed by atoms with Gasteiger partial charge in [-0.15, -0.1) is 23.5 Å². The Morgan fingerprint density at radius 2 is 1.96 bits per heavy atom. The second-order valence-corrected chi connectivity index (χ2v) is 11.1. The molecule has 2 aliphatic rings. The van der Waals surface area contributed by atoms with Crippen LogP contribution < -0.4 is 5.32 Å². The summed E-state index contributed by atoms with van der Waals surface area (Å²) in [6.45, 7) is 0.423. The first-order chi connectivity index (χ1) is 11.9. The number of benzene rings is 1. The minimum absolute atomic E-state index is 0.230. The van der Waals surface area contributed by atoms with E-state index in [0.717, 1.165) is 18.5 Å². The summed E-state index contributed by atoms with van der Waals surface area (Å²) in [6.07, 6.45) is 4.68. The van der Waals surface area contributed by atoms with Gasteiger partial charge < -0.3 is 5.32 Å². The Balaban J connectivity index is 1.71. The van der Waals surface area contributed by atoms with E-state index in [1.807, 2.05) is 41.7 Å². The van der Waals surface area contributed by atoms with E-state index in [0.29, 0.717) is 17.5 Å². The lowest BCUT2D eigenvalue weighted by Gasteiger charge is -2.32. The number of sulfonamides is 1. The Hall–Kier alpha value is -0.700. The van der Waals surface area contributed by atoms with Gasteiger partial charge in [-0.1, -0.05) is 18.6 Å². The van der Waals surface area contributed by atoms with Crippen LogP contribution >= 0.6 is 23.5 Å². The fraction of sp³-hybridized carbons (Fsp3) is 0.588. The van der Waals surface area contributed by atoms with Crippen molar-refractivity contribution in [1.82, 2.24) is 4.31 Å². The summed E-state index contributed by atoms with van der Waals surface area (Å²) in [5.41, 5.74) is 1.95. The summed E-state index contributed by atoms with van der Waals surface area (Å²) < 4.78 is 25.7. The summed E-state index contributed by atoms with van der Waals surface area (Å²) in [4.78, 5) is 12.7. The Bertz CT molecular complexity index is 718. The fourth-order valence-electron chi connectivity index (χ4n) is 3.23. The van der Waals surface area contributed by atoms with Gasteiger partial charge >= 0.3 is 0 Å². The lowest BCUT2D eigenvalue weighted by atomic mass is 10.0. The molecule has 2 aliphatic heterocycles. The maximum Gasteiger partial charge on any atom is 0.242 e. The number of carbonyl (C=O) groups is 1. The maximum atomic E-state index is 12.7. The van der Waals surface area contributed by atoms with Crippen molar-refractivity contribution in [2.24, 2.45) is 0 Å². The molecule has 5 nitrogen and oxygen atoms in total. The molecule has 2 saturated heterocycles. The molecule has 2 heterocycles. The average molecular weight is 401 g/mol. The van der Waals surface area contributed by atoms with Gasteiger partial charge in [0.2, 0.25) is 15.9 Å². The van der Waals surface area contributed by atoms with Crippen molar-refractivity contribution >= 4 is 45.1 Å². The molecule has 3 rings (SSSR count). The summed E-state index contributed by atoms with van der Waals surface area (Å²) in [5, 5.41) is 2.93. The van der Waals surface area contributed by atoms with Crippen molar-refractivity contribution in [3.63, 3.8) is 0 Å². The molecule has 0 unspecified atom stereocenters. The summed E-state index contributed by atoms with van der Waals surface area (Å²) in [5.74, 6) is 2.10. The van der Waals surface area contributed by atoms with E-state index in [2.05, 4.69) is 11.4 Å². The van der Waals surface area contributed by atoms with Gasteiger partial charge in [-0.05, 0) is 48.5 Å². The SMILES string of the molecule is CS(=O)(=O)N1CCCC[C@H]1C(=O)Nc1cccc(C2SCCCS2)c1. The minimum Gasteiger partial charge on any atom is -0.325 e. The number of anilines is 1. The first kappa shape index (κ1) is 19.1. The Kier molecular flexibility index (Phi) is 6.35. The van der Waals surface area contributed by atoms with E-state index in [4.69, 9.17) is 0 Å². The second kappa shape index (κ2) is 8.33. The predicted molar refractivity (Wildman–Crippen MR) is 107 cm³/mol. The molecule has 1 N–H and O–H groups in total. The molecular weight excluding hydrogens is 376 g/mol. The lowest BCUT2D eigenvalue weighted by Crippen LogP contribution is -2.49. The van der Waals surface area contributed by atoms with E-state index in [1.54, 1.807) is 0 Å². The van der Waals surface area contributed by atoms with E-state index in [1.165, 1.54) is 34.1 Å². The molecule has 25 heavy (non-hydrogen) atoms. The van der Waals surface area contributed by atoms with E-state index in [-0.39, 0.29) is 5.91 Å². The third-order valence-corrected chi connectivity index (χ3v) is 8.74. The molecular formula is C17H24N2O3S3. The number of amides is 1. The van der Waals surface area contributed by atoms with Crippen molar-refractivity contribution in [2.75, 3.05) is 29.6 Å². The van der Waals surface area contributed by atoms with Crippen LogP contribution in [0.25, 0.3) is 0 Å². The van der Waals surface area contributed by atoms with Crippen LogP contribution in [0.4, 0.5) is 5.69 Å². The zero-order chi connectivity index (χ0) is 17.9. The number of thioether (sulfide) groups is 2. The highest BCUT2D eigenvalue weighted by Gasteiger charge is 2.34. The van der Waals surface area contributed by atoms with Gasteiger partial charge in [0.25, 0.3) is 0 Å². The van der Waals surface area contributed by atoms with Crippen molar-refractivity contribution in [1.29, 1.82) is 0 Å². The number of nitrogens with one attached hydrogen (secondary N) is 1. The normalized spacial score (nSPS) is 23.3. The van der Waals surface area contributed by atoms with Crippen molar-refractivity contribution in [2.45, 2.75) is 36.3 Å². The molecule has 0 aliphatic carbocycles. The Morgan fingerprint density at radius 1 is 1.20 bits per heavy atom. The molecule has 0 aromatic heterocycles. The van der Waals surface area contributed by atoms with Gasteiger partial charge in [-0.2, -0.15) is 4.31 Å². The van der Waals surface area contributed by atoms with Gasteiger partial charge in [0.05, 0.1) is 10.8 Å². The molecule has 1 atom stereocenters. The van der Waals surface area contributed by atoms with Gasteiger partial charge in [0.1, 0.15) is 6.04 Å². The Morgan fingerprint density at radius 3 is 2.68 bits per heavy atom. The van der Waals surface area contributed by atoms with Crippen LogP contribution in [0.3, 0.4) is 0 Å². The van der Waals surface area contributed by atoms with Crippen LogP contribution in [0.15, 0.2) is 24.3 Å². The molecule has 0 spiro atoms. The quantitative estimate of drug-likeness (QED) is 0.840. The van der Waals surface area contributed by atoms with Gasteiger partial charge in [-0.3, -0.25) is 4.79 Å². The van der Waals surface area contributed by atoms with E-state index in [9.17, 15) is 13.2 Å². The number of hydrogen-bond donors (Lipinski definition) is 1. The molecule has 0 bridgehead atoms. The van der Waals surface area contributed by atoms with Crippen LogP contribution in [-0.2, 0) is 14.8 Å². The van der Waals surface area contributed by atoms with Gasteiger partial charge in [0, 0.05) is 12.2 Å². The number of piperidine rings is 1. The molecule has 2 fully saturated rings. The number of nitrogens with zero attached hydrogens (tertiary/aromatic N) is 1. The zero-order valence-electron chi connectivity index (χ0n) is 14.3. The highest BCUT2D eigenvalue weighted by atomic mass is 32.2. The van der Waals surface area contributed by atoms with Crippen LogP contribution in [0.2, 0.25) is 0 Å². The highest BCUT2D eigenvalue weighted by molar-refractivity contribution is 8.16. The fourth-order valence-corrected chi connectivity index (χ4v) is 7.23. The number of carbonyl (C=O) groups excluding carboxylic acids is 1. The molecule has 138 valence electrons. The van der Waals surface area contributed by atoms with Crippen LogP contribution in [0.1, 0.15) is 35.8 Å². The first-order valence-electron chi connectivity index (χ1n) is 8.56. The monoisotopic (exact) mass is 400 g/mol. The van der Waals surface area contributed by atoms with Crippen LogP contribution in [0.5, 0.6) is 0 Å². The Labute approximate surface area is 158 Å². The third kappa shape index (κ3) is 4.93. The summed E-state index contributed by atoms with van der Waals surface area (Å²) >= 11 is 3.88. The van der Waals surface area contributed by atoms with Crippen molar-refractivity contribution < 1.29 is 13.2 Å². The molecule has 1 aromatic carbocycles. The zero-order valence-corrected chi connectivity index (χ0v) is 16.8. The van der Waals surface area contributed by atoms with Gasteiger partial charge in [-0.25, -0.2) is 8.42 Å². The molecule has 8 heteroatoms. The van der Waals surface area contributed by atoms with E-state index >= 15 is 0 Å². The minimum atomic E-state index is -3.37. The standard InChI is InChI=1S/C17H24N2O3S3/c1-25(21,22)19-9-3-2-8-15(19)16(20)18-14-7-4-6-13(12-14)17-23-10-5-11-24-17/h4,6-7,12,15,17H,2-3,5,8-11H2,1H3,(H,18,20)/t15-/m0/s1. The van der Waals surface area contributed by atoms with Crippen LogP contribution in [0, 0.1) is 0 Å². The maximum absolute atomic E-state index is 12.7.